The van der Waals surface area contributed by atoms with Crippen LogP contribution in [0.2, 0.25) is 0 Å². The summed E-state index contributed by atoms with van der Waals surface area (Å²) in [6.07, 6.45) is 3.56. The van der Waals surface area contributed by atoms with Gasteiger partial charge in [-0.25, -0.2) is 8.42 Å². The Morgan fingerprint density at radius 3 is 2.75 bits per heavy atom. The average Bonchev–Trinajstić information content (AvgIpc) is 2.28. The molecule has 90 valence electrons. The second kappa shape index (κ2) is 4.18. The molecule has 1 atom stereocenters. The lowest BCUT2D eigenvalue weighted by Crippen LogP contribution is -2.60. The molecule has 1 unspecified atom stereocenters. The third kappa shape index (κ3) is 1.87. The second-order valence-electron chi connectivity index (χ2n) is 4.14. The summed E-state index contributed by atoms with van der Waals surface area (Å²) in [6.45, 7) is 4.27. The van der Waals surface area contributed by atoms with Crippen molar-refractivity contribution in [3.05, 3.63) is 12.7 Å². The summed E-state index contributed by atoms with van der Waals surface area (Å²) in [5.74, 6) is -0.143. The van der Waals surface area contributed by atoms with E-state index in [0.29, 0.717) is 6.54 Å². The lowest BCUT2D eigenvalue weighted by atomic mass is 10.1. The van der Waals surface area contributed by atoms with E-state index < -0.39 is 10.0 Å². The van der Waals surface area contributed by atoms with E-state index in [1.54, 1.807) is 4.90 Å². The van der Waals surface area contributed by atoms with Crippen LogP contribution in [0.3, 0.4) is 0 Å². The van der Waals surface area contributed by atoms with Crippen LogP contribution >= 0.6 is 0 Å². The number of piperidine rings is 1. The van der Waals surface area contributed by atoms with Gasteiger partial charge in [-0.15, -0.1) is 0 Å². The molecule has 2 aliphatic heterocycles. The highest BCUT2D eigenvalue weighted by atomic mass is 32.2. The molecular formula is C10H16N2O3S. The standard InChI is InChI=1S/C10H16N2O3S/c1-2-10(13)11-7-8-16(14,15)12-6-4-3-5-9(11)12/h2,9H,1,3-8H2. The largest absolute Gasteiger partial charge is 0.321 e. The molecule has 2 rings (SSSR count). The van der Waals surface area contributed by atoms with E-state index in [2.05, 4.69) is 6.58 Å². The number of hydrogen-bond acceptors (Lipinski definition) is 3. The highest BCUT2D eigenvalue weighted by Crippen LogP contribution is 2.27. The first-order valence-electron chi connectivity index (χ1n) is 5.49. The molecule has 5 nitrogen and oxygen atoms in total. The Hall–Kier alpha value is -0.880. The molecule has 0 aromatic heterocycles. The molecule has 0 saturated carbocycles. The van der Waals surface area contributed by atoms with Crippen molar-refractivity contribution < 1.29 is 13.2 Å². The first-order valence-corrected chi connectivity index (χ1v) is 7.10. The van der Waals surface area contributed by atoms with Gasteiger partial charge in [0.2, 0.25) is 15.9 Å². The van der Waals surface area contributed by atoms with E-state index in [-0.39, 0.29) is 24.4 Å². The van der Waals surface area contributed by atoms with Gasteiger partial charge in [0.25, 0.3) is 0 Å². The summed E-state index contributed by atoms with van der Waals surface area (Å²) in [7, 11) is -3.15. The minimum absolute atomic E-state index is 0.0308. The number of nitrogens with zero attached hydrogens (tertiary/aromatic N) is 2. The van der Waals surface area contributed by atoms with Crippen LogP contribution in [0.1, 0.15) is 19.3 Å². The molecule has 0 radical (unpaired) electrons. The molecule has 6 heteroatoms. The molecule has 2 heterocycles. The molecule has 0 aromatic rings. The third-order valence-corrected chi connectivity index (χ3v) is 5.03. The maximum atomic E-state index is 11.8. The van der Waals surface area contributed by atoms with Gasteiger partial charge in [0.1, 0.15) is 0 Å². The van der Waals surface area contributed by atoms with E-state index in [9.17, 15) is 13.2 Å². The number of sulfonamides is 1. The predicted octanol–water partition coefficient (Wildman–Crippen LogP) is 0.156. The van der Waals surface area contributed by atoms with Crippen LogP contribution in [0, 0.1) is 0 Å². The van der Waals surface area contributed by atoms with Crippen molar-refractivity contribution >= 4 is 15.9 Å². The van der Waals surface area contributed by atoms with Gasteiger partial charge in [0, 0.05) is 13.1 Å². The predicted molar refractivity (Wildman–Crippen MR) is 60.0 cm³/mol. The Morgan fingerprint density at radius 2 is 2.06 bits per heavy atom. The van der Waals surface area contributed by atoms with E-state index >= 15 is 0 Å². The normalized spacial score (nSPS) is 29.5. The van der Waals surface area contributed by atoms with Crippen LogP contribution in [0.25, 0.3) is 0 Å². The lowest BCUT2D eigenvalue weighted by molar-refractivity contribution is -0.131. The first-order chi connectivity index (χ1) is 7.56. The molecule has 0 bridgehead atoms. The Labute approximate surface area is 95.8 Å². The first kappa shape index (κ1) is 11.6. The summed E-state index contributed by atoms with van der Waals surface area (Å²) in [6, 6.07) is 0. The van der Waals surface area contributed by atoms with Crippen LogP contribution in [0.5, 0.6) is 0 Å². The van der Waals surface area contributed by atoms with Gasteiger partial charge < -0.3 is 4.90 Å². The fourth-order valence-electron chi connectivity index (χ4n) is 2.38. The zero-order chi connectivity index (χ0) is 11.8. The zero-order valence-electron chi connectivity index (χ0n) is 9.13. The summed E-state index contributed by atoms with van der Waals surface area (Å²) in [4.78, 5) is 13.2. The number of carbonyl (C=O) groups excluding carboxylic acids is 1. The van der Waals surface area contributed by atoms with Gasteiger partial charge in [0.15, 0.2) is 0 Å². The van der Waals surface area contributed by atoms with E-state index in [0.717, 1.165) is 19.3 Å². The van der Waals surface area contributed by atoms with Gasteiger partial charge >= 0.3 is 0 Å². The van der Waals surface area contributed by atoms with Crippen LogP contribution in [-0.4, -0.2) is 48.5 Å². The van der Waals surface area contributed by atoms with Gasteiger partial charge in [-0.05, 0) is 25.3 Å². The third-order valence-electron chi connectivity index (χ3n) is 3.19. The number of fused-ring (bicyclic) bond motifs is 1. The van der Waals surface area contributed by atoms with Crippen molar-refractivity contribution in [3.8, 4) is 0 Å². The molecule has 0 N–H and O–H groups in total. The zero-order valence-corrected chi connectivity index (χ0v) is 9.95. The van der Waals surface area contributed by atoms with Gasteiger partial charge in [-0.3, -0.25) is 4.79 Å². The van der Waals surface area contributed by atoms with Gasteiger partial charge in [-0.1, -0.05) is 6.58 Å². The summed E-state index contributed by atoms with van der Waals surface area (Å²) >= 11 is 0. The Kier molecular flexibility index (Phi) is 3.03. The molecule has 0 aromatic carbocycles. The van der Waals surface area contributed by atoms with E-state index in [1.807, 2.05) is 0 Å². The molecule has 2 aliphatic rings. The Bertz CT molecular complexity index is 404. The van der Waals surface area contributed by atoms with Crippen LogP contribution in [-0.2, 0) is 14.8 Å². The molecule has 2 saturated heterocycles. The smallest absolute Gasteiger partial charge is 0.247 e. The Morgan fingerprint density at radius 1 is 1.31 bits per heavy atom. The highest BCUT2D eigenvalue weighted by molar-refractivity contribution is 7.89. The van der Waals surface area contributed by atoms with Crippen molar-refractivity contribution in [2.75, 3.05) is 18.8 Å². The van der Waals surface area contributed by atoms with E-state index in [1.165, 1.54) is 10.4 Å². The van der Waals surface area contributed by atoms with Crippen LogP contribution in [0.15, 0.2) is 12.7 Å². The minimum atomic E-state index is -3.15. The number of rotatable bonds is 1. The fraction of sp³-hybridized carbons (Fsp3) is 0.700. The lowest BCUT2D eigenvalue weighted by Gasteiger charge is -2.45. The number of amides is 1. The molecule has 0 aliphatic carbocycles. The van der Waals surface area contributed by atoms with Crippen LogP contribution in [0.4, 0.5) is 0 Å². The Balaban J connectivity index is 2.27. The number of hydrogen-bond donors (Lipinski definition) is 0. The average molecular weight is 244 g/mol. The van der Waals surface area contributed by atoms with Crippen LogP contribution < -0.4 is 0 Å². The van der Waals surface area contributed by atoms with Crippen molar-refractivity contribution in [3.63, 3.8) is 0 Å². The number of carbonyl (C=O) groups is 1. The summed E-state index contributed by atoms with van der Waals surface area (Å²) in [5, 5.41) is 0. The quantitative estimate of drug-likeness (QED) is 0.617. The van der Waals surface area contributed by atoms with Crippen molar-refractivity contribution in [2.24, 2.45) is 0 Å². The molecule has 1 amide bonds. The molecule has 0 spiro atoms. The second-order valence-corrected chi connectivity index (χ2v) is 6.18. The monoisotopic (exact) mass is 244 g/mol. The SMILES string of the molecule is C=CC(=O)N1CCS(=O)(=O)N2CCCCC12. The van der Waals surface area contributed by atoms with E-state index in [4.69, 9.17) is 0 Å². The molecule has 2 fully saturated rings. The summed E-state index contributed by atoms with van der Waals surface area (Å²) in [5.41, 5.74) is 0. The van der Waals surface area contributed by atoms with Crippen molar-refractivity contribution in [1.29, 1.82) is 0 Å². The maximum Gasteiger partial charge on any atom is 0.247 e. The molecule has 16 heavy (non-hydrogen) atoms. The summed E-state index contributed by atoms with van der Waals surface area (Å²) < 4.78 is 25.1. The maximum absolute atomic E-state index is 11.8. The fourth-order valence-corrected chi connectivity index (χ4v) is 4.04. The van der Waals surface area contributed by atoms with Gasteiger partial charge in [0.05, 0.1) is 11.9 Å². The molecular weight excluding hydrogens is 228 g/mol. The van der Waals surface area contributed by atoms with Crippen molar-refractivity contribution in [1.82, 2.24) is 9.21 Å². The minimum Gasteiger partial charge on any atom is -0.321 e. The highest BCUT2D eigenvalue weighted by Gasteiger charge is 2.41. The van der Waals surface area contributed by atoms with Gasteiger partial charge in [-0.2, -0.15) is 4.31 Å². The topological polar surface area (TPSA) is 57.7 Å². The van der Waals surface area contributed by atoms with Crippen molar-refractivity contribution in [2.45, 2.75) is 25.4 Å².